The molecule has 0 radical (unpaired) electrons. The van der Waals surface area contributed by atoms with Crippen molar-refractivity contribution in [1.29, 1.82) is 0 Å². The molecule has 0 aliphatic heterocycles. The molecule has 0 saturated carbocycles. The van der Waals surface area contributed by atoms with E-state index in [-0.39, 0.29) is 11.8 Å². The van der Waals surface area contributed by atoms with Crippen molar-refractivity contribution in [1.82, 2.24) is 10.3 Å². The van der Waals surface area contributed by atoms with Gasteiger partial charge in [0.05, 0.1) is 5.92 Å². The number of hydrogen-bond donors (Lipinski definition) is 1. The van der Waals surface area contributed by atoms with Gasteiger partial charge in [-0.1, -0.05) is 18.2 Å². The minimum atomic E-state index is -0.119. The molecule has 1 rings (SSSR count). The van der Waals surface area contributed by atoms with E-state index in [0.717, 1.165) is 24.1 Å². The van der Waals surface area contributed by atoms with Gasteiger partial charge in [0, 0.05) is 18.9 Å². The van der Waals surface area contributed by atoms with Crippen molar-refractivity contribution in [2.24, 2.45) is 5.92 Å². The fraction of sp³-hybridized carbons (Fsp3) is 0.385. The normalized spacial score (nSPS) is 11.9. The minimum Gasteiger partial charge on any atom is -0.359 e. The van der Waals surface area contributed by atoms with Crippen molar-refractivity contribution in [2.75, 3.05) is 7.05 Å². The lowest BCUT2D eigenvalue weighted by Gasteiger charge is -2.14. The number of nitrogens with zero attached hydrogens (tertiary/aromatic N) is 1. The van der Waals surface area contributed by atoms with Crippen molar-refractivity contribution in [3.8, 4) is 0 Å². The molecule has 0 fully saturated rings. The molecule has 0 aromatic carbocycles. The van der Waals surface area contributed by atoms with Crippen LogP contribution in [0.1, 0.15) is 19.0 Å². The second-order valence-electron chi connectivity index (χ2n) is 3.87. The molecule has 1 aromatic rings. The van der Waals surface area contributed by atoms with Gasteiger partial charge in [-0.05, 0) is 31.9 Å². The van der Waals surface area contributed by atoms with E-state index in [0.29, 0.717) is 0 Å². The molecular formula is C13H18N2O. The predicted octanol–water partition coefficient (Wildman–Crippen LogP) is 1.95. The zero-order valence-electron chi connectivity index (χ0n) is 9.86. The second kappa shape index (κ2) is 6.05. The molecule has 0 aliphatic rings. The van der Waals surface area contributed by atoms with Crippen LogP contribution in [0, 0.1) is 5.92 Å². The third-order valence-electron chi connectivity index (χ3n) is 2.57. The van der Waals surface area contributed by atoms with E-state index < -0.39 is 0 Å². The van der Waals surface area contributed by atoms with E-state index >= 15 is 0 Å². The number of hydrogen-bond acceptors (Lipinski definition) is 2. The molecule has 1 amide bonds. The summed E-state index contributed by atoms with van der Waals surface area (Å²) in [5, 5.41) is 2.66. The number of carbonyl (C=O) groups is 1. The lowest BCUT2D eigenvalue weighted by molar-refractivity contribution is -0.123. The summed E-state index contributed by atoms with van der Waals surface area (Å²) in [6.45, 7) is 5.74. The van der Waals surface area contributed by atoms with Gasteiger partial charge in [0.1, 0.15) is 0 Å². The van der Waals surface area contributed by atoms with Crippen LogP contribution in [0.4, 0.5) is 0 Å². The van der Waals surface area contributed by atoms with E-state index in [1.807, 2.05) is 25.1 Å². The van der Waals surface area contributed by atoms with E-state index in [1.54, 1.807) is 13.2 Å². The highest BCUT2D eigenvalue weighted by Gasteiger charge is 2.17. The van der Waals surface area contributed by atoms with Crippen LogP contribution in [-0.2, 0) is 11.2 Å². The molecule has 1 atom stereocenters. The SMILES string of the molecule is C=C(C)[C@H](CCc1ccccn1)C(=O)NC. The smallest absolute Gasteiger partial charge is 0.226 e. The van der Waals surface area contributed by atoms with Crippen LogP contribution < -0.4 is 5.32 Å². The van der Waals surface area contributed by atoms with E-state index in [1.165, 1.54) is 0 Å². The quantitative estimate of drug-likeness (QED) is 0.767. The molecule has 0 saturated heterocycles. The molecule has 1 N–H and O–H groups in total. The average molecular weight is 218 g/mol. The van der Waals surface area contributed by atoms with Crippen LogP contribution in [0.15, 0.2) is 36.5 Å². The third-order valence-corrected chi connectivity index (χ3v) is 2.57. The summed E-state index contributed by atoms with van der Waals surface area (Å²) in [6.07, 6.45) is 3.32. The van der Waals surface area contributed by atoms with Crippen LogP contribution in [-0.4, -0.2) is 17.9 Å². The van der Waals surface area contributed by atoms with Crippen molar-refractivity contribution in [3.05, 3.63) is 42.2 Å². The Kier molecular flexibility index (Phi) is 4.70. The molecule has 3 heteroatoms. The number of aromatic nitrogens is 1. The lowest BCUT2D eigenvalue weighted by atomic mass is 9.94. The van der Waals surface area contributed by atoms with Crippen LogP contribution in [0.25, 0.3) is 0 Å². The predicted molar refractivity (Wildman–Crippen MR) is 64.9 cm³/mol. The summed E-state index contributed by atoms with van der Waals surface area (Å²) in [4.78, 5) is 15.8. The number of aryl methyl sites for hydroxylation is 1. The molecule has 3 nitrogen and oxygen atoms in total. The van der Waals surface area contributed by atoms with E-state index in [9.17, 15) is 4.79 Å². The molecule has 1 heterocycles. The summed E-state index contributed by atoms with van der Waals surface area (Å²) in [5.41, 5.74) is 1.91. The summed E-state index contributed by atoms with van der Waals surface area (Å²) < 4.78 is 0. The average Bonchev–Trinajstić information content (AvgIpc) is 2.30. The van der Waals surface area contributed by atoms with Crippen molar-refractivity contribution < 1.29 is 4.79 Å². The molecular weight excluding hydrogens is 200 g/mol. The topological polar surface area (TPSA) is 42.0 Å². The fourth-order valence-electron chi connectivity index (χ4n) is 1.61. The Bertz CT molecular complexity index is 359. The lowest BCUT2D eigenvalue weighted by Crippen LogP contribution is -2.28. The van der Waals surface area contributed by atoms with E-state index in [4.69, 9.17) is 0 Å². The van der Waals surface area contributed by atoms with Gasteiger partial charge in [-0.3, -0.25) is 9.78 Å². The molecule has 0 spiro atoms. The highest BCUT2D eigenvalue weighted by Crippen LogP contribution is 2.15. The Balaban J connectivity index is 2.57. The monoisotopic (exact) mass is 218 g/mol. The Labute approximate surface area is 96.6 Å². The maximum Gasteiger partial charge on any atom is 0.226 e. The van der Waals surface area contributed by atoms with Gasteiger partial charge in [0.15, 0.2) is 0 Å². The summed E-state index contributed by atoms with van der Waals surface area (Å²) in [6, 6.07) is 5.82. The molecule has 86 valence electrons. The largest absolute Gasteiger partial charge is 0.359 e. The van der Waals surface area contributed by atoms with E-state index in [2.05, 4.69) is 16.9 Å². The minimum absolute atomic E-state index is 0.0310. The Morgan fingerprint density at radius 1 is 1.56 bits per heavy atom. The number of rotatable bonds is 5. The fourth-order valence-corrected chi connectivity index (χ4v) is 1.61. The summed E-state index contributed by atoms with van der Waals surface area (Å²) in [5.74, 6) is -0.0876. The Morgan fingerprint density at radius 3 is 2.81 bits per heavy atom. The first-order valence-electron chi connectivity index (χ1n) is 5.42. The molecule has 1 aromatic heterocycles. The van der Waals surface area contributed by atoms with Crippen molar-refractivity contribution in [3.63, 3.8) is 0 Å². The van der Waals surface area contributed by atoms with Crippen LogP contribution in [0.2, 0.25) is 0 Å². The van der Waals surface area contributed by atoms with Gasteiger partial charge in [-0.15, -0.1) is 0 Å². The second-order valence-corrected chi connectivity index (χ2v) is 3.87. The van der Waals surface area contributed by atoms with Crippen molar-refractivity contribution >= 4 is 5.91 Å². The maximum absolute atomic E-state index is 11.6. The summed E-state index contributed by atoms with van der Waals surface area (Å²) in [7, 11) is 1.65. The summed E-state index contributed by atoms with van der Waals surface area (Å²) >= 11 is 0. The number of amides is 1. The first kappa shape index (κ1) is 12.4. The highest BCUT2D eigenvalue weighted by molar-refractivity contribution is 5.80. The molecule has 0 bridgehead atoms. The molecule has 0 unspecified atom stereocenters. The Hall–Kier alpha value is -1.64. The van der Waals surface area contributed by atoms with Gasteiger partial charge < -0.3 is 5.32 Å². The first-order chi connectivity index (χ1) is 7.65. The van der Waals surface area contributed by atoms with Crippen LogP contribution >= 0.6 is 0 Å². The van der Waals surface area contributed by atoms with Crippen LogP contribution in [0.5, 0.6) is 0 Å². The van der Waals surface area contributed by atoms with Gasteiger partial charge >= 0.3 is 0 Å². The number of carbonyl (C=O) groups excluding carboxylic acids is 1. The zero-order valence-corrected chi connectivity index (χ0v) is 9.86. The number of nitrogens with one attached hydrogen (secondary N) is 1. The van der Waals surface area contributed by atoms with Crippen LogP contribution in [0.3, 0.4) is 0 Å². The highest BCUT2D eigenvalue weighted by atomic mass is 16.1. The standard InChI is InChI=1S/C13H18N2O/c1-10(2)12(13(16)14-3)8-7-11-6-4-5-9-15-11/h4-6,9,12H,1,7-8H2,2-3H3,(H,14,16)/t12-/m0/s1. The van der Waals surface area contributed by atoms with Gasteiger partial charge in [0.25, 0.3) is 0 Å². The Morgan fingerprint density at radius 2 is 2.31 bits per heavy atom. The maximum atomic E-state index is 11.6. The van der Waals surface area contributed by atoms with Gasteiger partial charge in [-0.2, -0.15) is 0 Å². The van der Waals surface area contributed by atoms with Gasteiger partial charge in [0.2, 0.25) is 5.91 Å². The molecule has 0 aliphatic carbocycles. The first-order valence-corrected chi connectivity index (χ1v) is 5.42. The van der Waals surface area contributed by atoms with Gasteiger partial charge in [-0.25, -0.2) is 0 Å². The zero-order chi connectivity index (χ0) is 12.0. The van der Waals surface area contributed by atoms with Crippen molar-refractivity contribution in [2.45, 2.75) is 19.8 Å². The molecule has 16 heavy (non-hydrogen) atoms. The third kappa shape index (κ3) is 3.50. The number of pyridine rings is 1.